The molecule has 0 aromatic heterocycles. The molecule has 7 heteroatoms. The second kappa shape index (κ2) is 9.64. The van der Waals surface area contributed by atoms with E-state index in [1.807, 2.05) is 68.4 Å². The summed E-state index contributed by atoms with van der Waals surface area (Å²) in [5.41, 5.74) is 2.71. The van der Waals surface area contributed by atoms with Crippen LogP contribution in [-0.2, 0) is 29.0 Å². The maximum Gasteiger partial charge on any atom is 0.326 e. The lowest BCUT2D eigenvalue weighted by Gasteiger charge is -2.40. The van der Waals surface area contributed by atoms with Crippen molar-refractivity contribution < 1.29 is 24.6 Å². The second-order valence-electron chi connectivity index (χ2n) is 8.21. The quantitative estimate of drug-likeness (QED) is 0.711. The summed E-state index contributed by atoms with van der Waals surface area (Å²) in [6.07, 6.45) is 0.521. The molecule has 0 aliphatic carbocycles. The molecule has 0 bridgehead atoms. The third kappa shape index (κ3) is 5.23. The maximum atomic E-state index is 13.5. The van der Waals surface area contributed by atoms with Crippen molar-refractivity contribution in [2.24, 2.45) is 5.92 Å². The highest BCUT2D eigenvalue weighted by Crippen LogP contribution is 2.26. The smallest absolute Gasteiger partial charge is 0.326 e. The second-order valence-corrected chi connectivity index (χ2v) is 8.21. The Morgan fingerprint density at radius 1 is 1.00 bits per heavy atom. The first kappa shape index (κ1) is 22.3. The van der Waals surface area contributed by atoms with Crippen LogP contribution in [0, 0.1) is 5.92 Å². The van der Waals surface area contributed by atoms with Gasteiger partial charge < -0.3 is 20.0 Å². The van der Waals surface area contributed by atoms with E-state index < -0.39 is 29.9 Å². The van der Waals surface area contributed by atoms with Crippen LogP contribution < -0.4 is 0 Å². The fraction of sp³-hybridized carbons (Fsp3) is 0.375. The van der Waals surface area contributed by atoms with Crippen LogP contribution in [0.5, 0.6) is 0 Å². The highest BCUT2D eigenvalue weighted by molar-refractivity contribution is 5.84. The lowest BCUT2D eigenvalue weighted by molar-refractivity contribution is -0.144. The molecular formula is C24H28N2O5. The van der Waals surface area contributed by atoms with E-state index in [2.05, 4.69) is 0 Å². The summed E-state index contributed by atoms with van der Waals surface area (Å²) in [5, 5.41) is 19.5. The van der Waals surface area contributed by atoms with E-state index in [1.165, 1.54) is 9.80 Å². The first-order valence-corrected chi connectivity index (χ1v) is 10.4. The first-order chi connectivity index (χ1) is 14.8. The Hall–Kier alpha value is -3.35. The summed E-state index contributed by atoms with van der Waals surface area (Å²) in [6.45, 7) is 3.82. The van der Waals surface area contributed by atoms with Crippen LogP contribution in [0.3, 0.4) is 0 Å². The van der Waals surface area contributed by atoms with Gasteiger partial charge in [0.1, 0.15) is 6.04 Å². The summed E-state index contributed by atoms with van der Waals surface area (Å²) in [5.74, 6) is -2.85. The van der Waals surface area contributed by atoms with Crippen molar-refractivity contribution >= 4 is 18.0 Å². The van der Waals surface area contributed by atoms with Gasteiger partial charge in [0.25, 0.3) is 0 Å². The van der Waals surface area contributed by atoms with Gasteiger partial charge in [-0.15, -0.1) is 0 Å². The average Bonchev–Trinajstić information content (AvgIpc) is 2.75. The Labute approximate surface area is 181 Å². The zero-order valence-electron chi connectivity index (χ0n) is 17.8. The van der Waals surface area contributed by atoms with Crippen molar-refractivity contribution in [1.29, 1.82) is 0 Å². The highest BCUT2D eigenvalue weighted by Gasteiger charge is 2.38. The number of carboxylic acids is 2. The lowest BCUT2D eigenvalue weighted by atomic mass is 9.94. The minimum absolute atomic E-state index is 0.00517. The number of aliphatic carboxylic acids is 2. The van der Waals surface area contributed by atoms with E-state index in [9.17, 15) is 24.6 Å². The molecule has 2 aromatic carbocycles. The highest BCUT2D eigenvalue weighted by atomic mass is 16.4. The molecular weight excluding hydrogens is 396 g/mol. The van der Waals surface area contributed by atoms with Gasteiger partial charge >= 0.3 is 18.0 Å². The summed E-state index contributed by atoms with van der Waals surface area (Å²) in [4.78, 5) is 40.2. The van der Waals surface area contributed by atoms with Crippen LogP contribution in [-0.4, -0.2) is 56.6 Å². The van der Waals surface area contributed by atoms with Gasteiger partial charge in [-0.3, -0.25) is 4.79 Å². The van der Waals surface area contributed by atoms with Gasteiger partial charge in [0.05, 0.1) is 5.92 Å². The fourth-order valence-electron chi connectivity index (χ4n) is 3.99. The van der Waals surface area contributed by atoms with Gasteiger partial charge in [0.2, 0.25) is 0 Å². The van der Waals surface area contributed by atoms with Crippen LogP contribution in [0.4, 0.5) is 4.79 Å². The Bertz CT molecular complexity index is 944. The molecule has 1 aliphatic rings. The summed E-state index contributed by atoms with van der Waals surface area (Å²) in [7, 11) is 0. The molecule has 2 atom stereocenters. The first-order valence-electron chi connectivity index (χ1n) is 10.4. The Balaban J connectivity index is 1.84. The van der Waals surface area contributed by atoms with Crippen molar-refractivity contribution in [3.05, 3.63) is 71.3 Å². The summed E-state index contributed by atoms with van der Waals surface area (Å²) < 4.78 is 0. The number of nitrogens with zero attached hydrogens (tertiary/aromatic N) is 2. The predicted octanol–water partition coefficient (Wildman–Crippen LogP) is 3.27. The Morgan fingerprint density at radius 2 is 1.61 bits per heavy atom. The van der Waals surface area contributed by atoms with Crippen LogP contribution >= 0.6 is 0 Å². The molecule has 0 saturated carbocycles. The molecule has 0 fully saturated rings. The lowest BCUT2D eigenvalue weighted by Crippen LogP contribution is -2.56. The molecule has 2 N–H and O–H groups in total. The molecule has 0 unspecified atom stereocenters. The van der Waals surface area contributed by atoms with Crippen LogP contribution in [0.1, 0.15) is 30.5 Å². The number of benzene rings is 2. The number of hydrogen-bond acceptors (Lipinski definition) is 3. The fourth-order valence-corrected chi connectivity index (χ4v) is 3.99. The minimum atomic E-state index is -1.06. The van der Waals surface area contributed by atoms with Crippen molar-refractivity contribution in [2.45, 2.75) is 45.3 Å². The van der Waals surface area contributed by atoms with Crippen LogP contribution in [0.25, 0.3) is 0 Å². The normalized spacial score (nSPS) is 16.5. The third-order valence-electron chi connectivity index (χ3n) is 5.74. The Morgan fingerprint density at radius 3 is 2.19 bits per heavy atom. The van der Waals surface area contributed by atoms with Gasteiger partial charge in [-0.05, 0) is 37.0 Å². The standard InChI is InChI=1S/C24H28N2O5/c1-16(2)25(15-20(22(27)28)12-17-8-4-3-5-9-17)24(31)26-14-19-11-7-6-10-18(19)13-21(26)23(29)30/h3-11,16,20-21H,12-15H2,1-2H3,(H,27,28)(H,29,30)/t20-,21-/m0/s1. The molecule has 164 valence electrons. The Kier molecular flexibility index (Phi) is 6.95. The van der Waals surface area contributed by atoms with E-state index in [0.29, 0.717) is 0 Å². The molecule has 0 spiro atoms. The molecule has 31 heavy (non-hydrogen) atoms. The van der Waals surface area contributed by atoms with Crippen molar-refractivity contribution in [2.75, 3.05) is 6.54 Å². The third-order valence-corrected chi connectivity index (χ3v) is 5.74. The van der Waals surface area contributed by atoms with Gasteiger partial charge in [0, 0.05) is 25.6 Å². The van der Waals surface area contributed by atoms with Gasteiger partial charge in [-0.25, -0.2) is 9.59 Å². The number of carbonyl (C=O) groups excluding carboxylic acids is 1. The predicted molar refractivity (Wildman–Crippen MR) is 116 cm³/mol. The summed E-state index contributed by atoms with van der Waals surface area (Å²) >= 11 is 0. The largest absolute Gasteiger partial charge is 0.481 e. The van der Waals surface area contributed by atoms with Gasteiger partial charge in [0.15, 0.2) is 0 Å². The number of fused-ring (bicyclic) bond motifs is 1. The zero-order chi connectivity index (χ0) is 22.5. The molecule has 1 aliphatic heterocycles. The van der Waals surface area contributed by atoms with Crippen molar-refractivity contribution in [1.82, 2.24) is 9.80 Å². The molecule has 0 saturated heterocycles. The number of carbonyl (C=O) groups is 3. The molecule has 2 amide bonds. The molecule has 0 radical (unpaired) electrons. The topological polar surface area (TPSA) is 98.2 Å². The SMILES string of the molecule is CC(C)N(C[C@H](Cc1ccccc1)C(=O)O)C(=O)N1Cc2ccccc2C[C@H]1C(=O)O. The maximum absolute atomic E-state index is 13.5. The van der Waals surface area contributed by atoms with Crippen LogP contribution in [0.2, 0.25) is 0 Å². The summed E-state index contributed by atoms with van der Waals surface area (Å²) in [6, 6.07) is 15.1. The van der Waals surface area contributed by atoms with E-state index in [1.54, 1.807) is 0 Å². The monoisotopic (exact) mass is 424 g/mol. The minimum Gasteiger partial charge on any atom is -0.481 e. The van der Waals surface area contributed by atoms with E-state index in [-0.39, 0.29) is 32.0 Å². The van der Waals surface area contributed by atoms with Gasteiger partial charge in [-0.1, -0.05) is 54.6 Å². The molecule has 7 nitrogen and oxygen atoms in total. The number of urea groups is 1. The molecule has 1 heterocycles. The van der Waals surface area contributed by atoms with Crippen molar-refractivity contribution in [3.63, 3.8) is 0 Å². The number of rotatable bonds is 7. The number of amides is 2. The van der Waals surface area contributed by atoms with Gasteiger partial charge in [-0.2, -0.15) is 0 Å². The van der Waals surface area contributed by atoms with E-state index >= 15 is 0 Å². The number of hydrogen-bond donors (Lipinski definition) is 2. The van der Waals surface area contributed by atoms with Crippen LogP contribution in [0.15, 0.2) is 54.6 Å². The molecule has 2 aromatic rings. The number of carboxylic acid groups (broad SMARTS) is 2. The molecule has 3 rings (SSSR count). The zero-order valence-corrected chi connectivity index (χ0v) is 17.8. The van der Waals surface area contributed by atoms with E-state index in [4.69, 9.17) is 0 Å². The average molecular weight is 424 g/mol. The van der Waals surface area contributed by atoms with E-state index in [0.717, 1.165) is 16.7 Å². The van der Waals surface area contributed by atoms with Crippen molar-refractivity contribution in [3.8, 4) is 0 Å².